The van der Waals surface area contributed by atoms with Crippen LogP contribution in [-0.4, -0.2) is 0 Å². The molecule has 0 N–H and O–H groups in total. The van der Waals surface area contributed by atoms with E-state index in [4.69, 9.17) is 0 Å². The smallest absolute Gasteiger partial charge is 0.0000922 e. The van der Waals surface area contributed by atoms with Crippen LogP contribution in [0.1, 0.15) is 33.4 Å². The summed E-state index contributed by atoms with van der Waals surface area (Å²) in [4.78, 5) is 0. The van der Waals surface area contributed by atoms with Gasteiger partial charge in [-0.25, -0.2) is 0 Å². The molecule has 15 aromatic rings. The topological polar surface area (TPSA) is 0 Å². The fraction of sp³-hybridized carbons (Fsp3) is 0. The Kier molecular flexibility index (Phi) is 11.0. The van der Waals surface area contributed by atoms with Crippen LogP contribution in [0, 0.1) is 0 Å². The highest BCUT2D eigenvalue weighted by atomic mass is 14.4. The second-order valence-electron chi connectivity index (χ2n) is 22.4. The van der Waals surface area contributed by atoms with Crippen LogP contribution in [0.4, 0.5) is 0 Å². The number of hydrogen-bond acceptors (Lipinski definition) is 0. The Bertz CT molecular complexity index is 5190. The molecule has 0 saturated heterocycles. The van der Waals surface area contributed by atoms with Crippen molar-refractivity contribution in [2.24, 2.45) is 0 Å². The zero-order chi connectivity index (χ0) is 55.2. The van der Waals surface area contributed by atoms with Gasteiger partial charge in [0, 0.05) is 0 Å². The van der Waals surface area contributed by atoms with Crippen LogP contribution in [0.25, 0.3) is 137 Å². The highest BCUT2D eigenvalue weighted by Gasteiger charge is 2.43. The first-order valence-electron chi connectivity index (χ1n) is 29.2. The van der Waals surface area contributed by atoms with Gasteiger partial charge in [-0.15, -0.1) is 0 Å². The van der Waals surface area contributed by atoms with Gasteiger partial charge in [0.2, 0.25) is 0 Å². The van der Waals surface area contributed by atoms with E-state index in [1.807, 2.05) is 0 Å². The third-order valence-corrected chi connectivity index (χ3v) is 18.0. The zero-order valence-corrected chi connectivity index (χ0v) is 46.0. The molecule has 0 aromatic heterocycles. The van der Waals surface area contributed by atoms with Crippen molar-refractivity contribution in [3.05, 3.63) is 354 Å². The number of benzene rings is 15. The first-order chi connectivity index (χ1) is 41.7. The molecule has 0 saturated carbocycles. The Labute approximate surface area is 488 Å². The molecule has 0 heteroatoms. The third-order valence-electron chi connectivity index (χ3n) is 18.0. The van der Waals surface area contributed by atoms with E-state index in [0.717, 1.165) is 0 Å². The van der Waals surface area contributed by atoms with Crippen molar-refractivity contribution in [1.29, 1.82) is 0 Å². The molecule has 0 heterocycles. The molecule has 2 aliphatic carbocycles. The fourth-order valence-electron chi connectivity index (χ4n) is 14.5. The van der Waals surface area contributed by atoms with Crippen LogP contribution < -0.4 is 0 Å². The summed E-state index contributed by atoms with van der Waals surface area (Å²) in [6.45, 7) is 0. The molecule has 388 valence electrons. The number of fused-ring (bicyclic) bond motifs is 9. The number of rotatable bonds is 8. The molecule has 0 spiro atoms. The van der Waals surface area contributed by atoms with Crippen molar-refractivity contribution in [3.8, 4) is 44.5 Å². The minimum Gasteiger partial charge on any atom is -0.0622 e. The van der Waals surface area contributed by atoms with Gasteiger partial charge in [-0.3, -0.25) is 0 Å². The maximum atomic E-state index is 2.56. The summed E-state index contributed by atoms with van der Waals surface area (Å²) in [7, 11) is 0. The van der Waals surface area contributed by atoms with Crippen LogP contribution >= 0.6 is 0 Å². The van der Waals surface area contributed by atoms with Crippen LogP contribution in [0.3, 0.4) is 0 Å². The van der Waals surface area contributed by atoms with E-state index in [-0.39, 0.29) is 0 Å². The average molecular weight is 1060 g/mol. The number of allylic oxidation sites excluding steroid dienone is 5. The van der Waals surface area contributed by atoms with E-state index in [1.165, 1.54) is 176 Å². The lowest BCUT2D eigenvalue weighted by Crippen LogP contribution is -2.00. The summed E-state index contributed by atoms with van der Waals surface area (Å²) in [5.74, 6) is 0. The molecule has 15 aromatic carbocycles. The van der Waals surface area contributed by atoms with Crippen molar-refractivity contribution >= 4 is 92.5 Å². The minimum atomic E-state index is 1.18. The second-order valence-corrected chi connectivity index (χ2v) is 22.4. The maximum absolute atomic E-state index is 2.56. The molecule has 0 radical (unpaired) electrons. The summed E-state index contributed by atoms with van der Waals surface area (Å²) in [6, 6.07) is 118. The van der Waals surface area contributed by atoms with Crippen molar-refractivity contribution in [2.45, 2.75) is 0 Å². The third kappa shape index (κ3) is 7.34. The standard InChI is InChI=1S/C84H52/c1-5-27-55(28-6-1)71-51-73-74(52-72(71)56-29-7-2-8-30-56)82-83(80-67-43-21-17-39-63(67)75(64-40-18-22-44-68(64)80)60-49-48-53-26-13-14-36-59(53)50-60)76(57-32-9-3-10-33-57)77(58-34-11-4-12-35-58)84(82)81(73)79-69-45-23-19-41-65(69)78(66-42-20-24-46-70(66)79)62-47-25-37-54-31-15-16-38-61(54)62/h1-52H. The van der Waals surface area contributed by atoms with Gasteiger partial charge in [-0.2, -0.15) is 0 Å². The fourth-order valence-corrected chi connectivity index (χ4v) is 14.5. The predicted molar refractivity (Wildman–Crippen MR) is 359 cm³/mol. The van der Waals surface area contributed by atoms with Gasteiger partial charge in [0.15, 0.2) is 0 Å². The Morgan fingerprint density at radius 2 is 0.488 bits per heavy atom. The SMILES string of the molecule is c1ccc(C2=C(c3ccccc3)C(c3c4ccccc4c(-c4ccc5ccccc5c4)c4ccccc34)=C3C2=C(c2c4ccccc4c(-c4cccc5ccccc45)c4ccccc24)c2cc(-c4ccccc4)c(-c4ccccc4)cc23)cc1. The first-order valence-corrected chi connectivity index (χ1v) is 29.2. The van der Waals surface area contributed by atoms with Gasteiger partial charge in [0.25, 0.3) is 0 Å². The number of hydrogen-bond donors (Lipinski definition) is 0. The van der Waals surface area contributed by atoms with Crippen molar-refractivity contribution in [3.63, 3.8) is 0 Å². The van der Waals surface area contributed by atoms with Crippen LogP contribution in [-0.2, 0) is 0 Å². The normalized spacial score (nSPS) is 13.1. The largest absolute Gasteiger partial charge is 0.0622 e. The molecule has 84 heavy (non-hydrogen) atoms. The van der Waals surface area contributed by atoms with E-state index >= 15 is 0 Å². The van der Waals surface area contributed by atoms with Gasteiger partial charge in [0.05, 0.1) is 0 Å². The molecule has 17 rings (SSSR count). The molecule has 0 nitrogen and oxygen atoms in total. The van der Waals surface area contributed by atoms with E-state index < -0.39 is 0 Å². The molecule has 0 amide bonds. The van der Waals surface area contributed by atoms with Gasteiger partial charge in [-0.1, -0.05) is 297 Å². The minimum absolute atomic E-state index is 1.18. The van der Waals surface area contributed by atoms with Crippen LogP contribution in [0.2, 0.25) is 0 Å². The monoisotopic (exact) mass is 1060 g/mol. The quantitative estimate of drug-likeness (QED) is 0.133. The highest BCUT2D eigenvalue weighted by molar-refractivity contribution is 6.43. The van der Waals surface area contributed by atoms with Gasteiger partial charge in [-0.05, 0) is 194 Å². The molecule has 2 aliphatic rings. The van der Waals surface area contributed by atoms with Crippen molar-refractivity contribution in [2.75, 3.05) is 0 Å². The maximum Gasteiger partial charge on any atom is -0.0000922 e. The zero-order valence-electron chi connectivity index (χ0n) is 46.0. The van der Waals surface area contributed by atoms with Gasteiger partial charge in [0.1, 0.15) is 0 Å². The Morgan fingerprint density at radius 1 is 0.131 bits per heavy atom. The van der Waals surface area contributed by atoms with Gasteiger partial charge >= 0.3 is 0 Å². The lowest BCUT2D eigenvalue weighted by atomic mass is 9.79. The van der Waals surface area contributed by atoms with Crippen molar-refractivity contribution in [1.82, 2.24) is 0 Å². The summed E-state index contributed by atoms with van der Waals surface area (Å²) >= 11 is 0. The highest BCUT2D eigenvalue weighted by Crippen LogP contribution is 2.65. The molecule has 0 unspecified atom stereocenters. The molecular weight excluding hydrogens is 1010 g/mol. The summed E-state index contributed by atoms with van der Waals surface area (Å²) in [6.07, 6.45) is 0. The molecule has 0 atom stereocenters. The Morgan fingerprint density at radius 3 is 0.988 bits per heavy atom. The molecular formula is C84H52. The predicted octanol–water partition coefficient (Wildman–Crippen LogP) is 22.6. The molecule has 0 aliphatic heterocycles. The summed E-state index contributed by atoms with van der Waals surface area (Å²) < 4.78 is 0. The van der Waals surface area contributed by atoms with Crippen LogP contribution in [0.15, 0.2) is 321 Å². The average Bonchev–Trinajstić information content (AvgIpc) is 1.94. The lowest BCUT2D eigenvalue weighted by Gasteiger charge is -2.23. The van der Waals surface area contributed by atoms with Crippen molar-refractivity contribution < 1.29 is 0 Å². The summed E-state index contributed by atoms with van der Waals surface area (Å²) in [5, 5.41) is 14.7. The van der Waals surface area contributed by atoms with E-state index in [1.54, 1.807) is 0 Å². The van der Waals surface area contributed by atoms with Gasteiger partial charge < -0.3 is 0 Å². The Hall–Kier alpha value is -10.9. The van der Waals surface area contributed by atoms with E-state index in [0.29, 0.717) is 0 Å². The lowest BCUT2D eigenvalue weighted by molar-refractivity contribution is 1.53. The van der Waals surface area contributed by atoms with E-state index in [2.05, 4.69) is 315 Å². The first kappa shape index (κ1) is 47.8. The second kappa shape index (κ2) is 19.4. The molecule has 0 bridgehead atoms. The summed E-state index contributed by atoms with van der Waals surface area (Å²) in [5.41, 5.74) is 24.5. The molecule has 0 fully saturated rings. The van der Waals surface area contributed by atoms with E-state index in [9.17, 15) is 0 Å². The van der Waals surface area contributed by atoms with Crippen LogP contribution in [0.5, 0.6) is 0 Å². The Balaban J connectivity index is 1.11.